The van der Waals surface area contributed by atoms with Gasteiger partial charge in [0.15, 0.2) is 0 Å². The number of carbonyl (C=O) groups excluding carboxylic acids is 1. The number of halogens is 1. The number of fused-ring (bicyclic) bond motifs is 1. The van der Waals surface area contributed by atoms with Crippen molar-refractivity contribution in [2.45, 2.75) is 12.5 Å². The molecule has 1 amide bonds. The third kappa shape index (κ3) is 2.28. The predicted molar refractivity (Wildman–Crippen MR) is 78.7 cm³/mol. The maximum atomic E-state index is 12.1. The van der Waals surface area contributed by atoms with Gasteiger partial charge in [-0.1, -0.05) is 30.3 Å². The minimum Gasteiger partial charge on any atom is -0.330 e. The van der Waals surface area contributed by atoms with E-state index in [0.717, 1.165) is 18.5 Å². The van der Waals surface area contributed by atoms with E-state index in [2.05, 4.69) is 23.6 Å². The van der Waals surface area contributed by atoms with Gasteiger partial charge in [0.25, 0.3) is 0 Å². The van der Waals surface area contributed by atoms with Gasteiger partial charge in [-0.15, -0.1) is 22.9 Å². The number of nitrogens with zero attached hydrogens (tertiary/aromatic N) is 1. The van der Waals surface area contributed by atoms with Crippen LogP contribution in [0.2, 0.25) is 0 Å². The molecule has 0 aliphatic carbocycles. The molecule has 98 valence electrons. The molecule has 2 nitrogen and oxygen atoms in total. The lowest BCUT2D eigenvalue weighted by Gasteiger charge is -2.36. The number of rotatable bonds is 2. The normalized spacial score (nSPS) is 18.2. The second-order valence-electron chi connectivity index (χ2n) is 4.58. The van der Waals surface area contributed by atoms with Crippen LogP contribution in [-0.4, -0.2) is 23.2 Å². The van der Waals surface area contributed by atoms with Crippen LogP contribution >= 0.6 is 22.9 Å². The minimum atomic E-state index is 0.00682. The number of thiophene rings is 1. The average molecular weight is 292 g/mol. The van der Waals surface area contributed by atoms with Crippen molar-refractivity contribution in [2.75, 3.05) is 12.4 Å². The van der Waals surface area contributed by atoms with Crippen molar-refractivity contribution < 1.29 is 4.79 Å². The summed E-state index contributed by atoms with van der Waals surface area (Å²) < 4.78 is 0. The molecule has 2 aromatic rings. The Morgan fingerprint density at radius 2 is 2.11 bits per heavy atom. The van der Waals surface area contributed by atoms with Crippen molar-refractivity contribution in [1.29, 1.82) is 0 Å². The molecule has 1 aliphatic heterocycles. The van der Waals surface area contributed by atoms with E-state index in [1.54, 1.807) is 11.3 Å². The lowest BCUT2D eigenvalue weighted by molar-refractivity contribution is -0.130. The van der Waals surface area contributed by atoms with E-state index in [4.69, 9.17) is 11.6 Å². The predicted octanol–water partition coefficient (Wildman–Crippen LogP) is 3.46. The Kier molecular flexibility index (Phi) is 3.58. The Morgan fingerprint density at radius 3 is 2.84 bits per heavy atom. The van der Waals surface area contributed by atoms with Gasteiger partial charge in [0.2, 0.25) is 5.91 Å². The Bertz CT molecular complexity index is 581. The summed E-state index contributed by atoms with van der Waals surface area (Å²) in [5.41, 5.74) is 2.40. The molecular formula is C15H14ClNOS. The molecule has 1 atom stereocenters. The summed E-state index contributed by atoms with van der Waals surface area (Å²) in [6.45, 7) is 0.749. The quantitative estimate of drug-likeness (QED) is 0.776. The molecule has 0 saturated heterocycles. The van der Waals surface area contributed by atoms with Crippen molar-refractivity contribution in [3.05, 3.63) is 57.8 Å². The Morgan fingerprint density at radius 1 is 1.32 bits per heavy atom. The van der Waals surface area contributed by atoms with Gasteiger partial charge < -0.3 is 4.90 Å². The van der Waals surface area contributed by atoms with Crippen LogP contribution < -0.4 is 0 Å². The van der Waals surface area contributed by atoms with E-state index in [1.165, 1.54) is 10.4 Å². The number of carbonyl (C=O) groups is 1. The van der Waals surface area contributed by atoms with Gasteiger partial charge >= 0.3 is 0 Å². The van der Waals surface area contributed by atoms with E-state index in [0.29, 0.717) is 0 Å². The first-order valence-electron chi connectivity index (χ1n) is 6.28. The topological polar surface area (TPSA) is 20.3 Å². The molecule has 0 saturated carbocycles. The van der Waals surface area contributed by atoms with E-state index in [1.807, 2.05) is 23.1 Å². The number of amides is 1. The van der Waals surface area contributed by atoms with Gasteiger partial charge in [-0.3, -0.25) is 4.79 Å². The fourth-order valence-electron chi connectivity index (χ4n) is 2.66. The summed E-state index contributed by atoms with van der Waals surface area (Å²) in [5.74, 6) is 0.0513. The number of hydrogen-bond donors (Lipinski definition) is 0. The lowest BCUT2D eigenvalue weighted by Crippen LogP contribution is -2.40. The molecule has 1 aromatic carbocycles. The average Bonchev–Trinajstić information content (AvgIpc) is 2.94. The summed E-state index contributed by atoms with van der Waals surface area (Å²) >= 11 is 7.52. The molecule has 0 N–H and O–H groups in total. The molecule has 0 radical (unpaired) electrons. The van der Waals surface area contributed by atoms with Gasteiger partial charge in [0.05, 0.1) is 6.04 Å². The highest BCUT2D eigenvalue weighted by atomic mass is 35.5. The fraction of sp³-hybridized carbons (Fsp3) is 0.267. The summed E-state index contributed by atoms with van der Waals surface area (Å²) in [6, 6.07) is 12.3. The third-order valence-corrected chi connectivity index (χ3v) is 4.74. The standard InChI is InChI=1S/C15H14ClNOS/c16-10-14(18)17-8-6-13-12(7-9-19-13)15(17)11-4-2-1-3-5-11/h1-5,7,9,15H,6,8,10H2. The molecule has 0 spiro atoms. The molecule has 2 heterocycles. The highest BCUT2D eigenvalue weighted by molar-refractivity contribution is 7.10. The van der Waals surface area contributed by atoms with Gasteiger partial charge in [-0.05, 0) is 29.0 Å². The molecular weight excluding hydrogens is 278 g/mol. The van der Waals surface area contributed by atoms with Crippen molar-refractivity contribution in [2.24, 2.45) is 0 Å². The van der Waals surface area contributed by atoms with Crippen molar-refractivity contribution in [3.63, 3.8) is 0 Å². The maximum absolute atomic E-state index is 12.1. The zero-order valence-corrected chi connectivity index (χ0v) is 12.0. The van der Waals surface area contributed by atoms with E-state index in [9.17, 15) is 4.79 Å². The van der Waals surface area contributed by atoms with Crippen LogP contribution in [0.4, 0.5) is 0 Å². The third-order valence-electron chi connectivity index (χ3n) is 3.52. The molecule has 1 aromatic heterocycles. The molecule has 3 rings (SSSR count). The van der Waals surface area contributed by atoms with Crippen molar-refractivity contribution in [3.8, 4) is 0 Å². The van der Waals surface area contributed by atoms with E-state index < -0.39 is 0 Å². The van der Waals surface area contributed by atoms with Crippen LogP contribution in [0, 0.1) is 0 Å². The zero-order valence-electron chi connectivity index (χ0n) is 10.4. The van der Waals surface area contributed by atoms with Gasteiger partial charge in [0.1, 0.15) is 5.88 Å². The summed E-state index contributed by atoms with van der Waals surface area (Å²) in [4.78, 5) is 15.4. The summed E-state index contributed by atoms with van der Waals surface area (Å²) in [6.07, 6.45) is 0.930. The molecule has 1 unspecified atom stereocenters. The monoisotopic (exact) mass is 291 g/mol. The zero-order chi connectivity index (χ0) is 13.2. The van der Waals surface area contributed by atoms with Crippen LogP contribution in [0.25, 0.3) is 0 Å². The fourth-order valence-corrected chi connectivity index (χ4v) is 3.71. The number of benzene rings is 1. The van der Waals surface area contributed by atoms with Crippen molar-refractivity contribution in [1.82, 2.24) is 4.90 Å². The van der Waals surface area contributed by atoms with Crippen LogP contribution in [0.1, 0.15) is 22.0 Å². The number of hydrogen-bond acceptors (Lipinski definition) is 2. The molecule has 4 heteroatoms. The van der Waals surface area contributed by atoms with E-state index >= 15 is 0 Å². The van der Waals surface area contributed by atoms with Crippen molar-refractivity contribution >= 4 is 28.8 Å². The first-order valence-corrected chi connectivity index (χ1v) is 7.69. The van der Waals surface area contributed by atoms with Crippen LogP contribution in [0.15, 0.2) is 41.8 Å². The summed E-state index contributed by atoms with van der Waals surface area (Å²) in [7, 11) is 0. The highest BCUT2D eigenvalue weighted by Crippen LogP contribution is 2.37. The van der Waals surface area contributed by atoms with Crippen LogP contribution in [-0.2, 0) is 11.2 Å². The minimum absolute atomic E-state index is 0.00682. The SMILES string of the molecule is O=C(CCl)N1CCc2sccc2C1c1ccccc1. The highest BCUT2D eigenvalue weighted by Gasteiger charge is 2.31. The smallest absolute Gasteiger partial charge is 0.238 e. The second kappa shape index (κ2) is 5.35. The van der Waals surface area contributed by atoms with Crippen LogP contribution in [0.5, 0.6) is 0 Å². The molecule has 1 aliphatic rings. The maximum Gasteiger partial charge on any atom is 0.238 e. The Labute approximate surface area is 121 Å². The van der Waals surface area contributed by atoms with Gasteiger partial charge in [-0.25, -0.2) is 0 Å². The number of alkyl halides is 1. The summed E-state index contributed by atoms with van der Waals surface area (Å²) in [5, 5.41) is 2.11. The second-order valence-corrected chi connectivity index (χ2v) is 5.85. The first-order chi connectivity index (χ1) is 9.31. The first kappa shape index (κ1) is 12.7. The molecule has 0 fully saturated rings. The Hall–Kier alpha value is -1.32. The molecule has 0 bridgehead atoms. The largest absolute Gasteiger partial charge is 0.330 e. The van der Waals surface area contributed by atoms with Crippen LogP contribution in [0.3, 0.4) is 0 Å². The van der Waals surface area contributed by atoms with Gasteiger partial charge in [-0.2, -0.15) is 0 Å². The molecule has 19 heavy (non-hydrogen) atoms. The Balaban J connectivity index is 2.07. The van der Waals surface area contributed by atoms with E-state index in [-0.39, 0.29) is 17.8 Å². The lowest BCUT2D eigenvalue weighted by atomic mass is 9.93. The van der Waals surface area contributed by atoms with Gasteiger partial charge in [0, 0.05) is 11.4 Å².